The van der Waals surface area contributed by atoms with Crippen molar-refractivity contribution >= 4 is 5.91 Å². The minimum Gasteiger partial charge on any atom is -0.346 e. The Labute approximate surface area is 122 Å². The molecule has 1 aromatic rings. The Morgan fingerprint density at radius 1 is 1.35 bits per heavy atom. The van der Waals surface area contributed by atoms with Crippen molar-refractivity contribution in [1.29, 1.82) is 0 Å². The summed E-state index contributed by atoms with van der Waals surface area (Å²) >= 11 is 0. The molecule has 0 aromatic heterocycles. The second-order valence-corrected chi connectivity index (χ2v) is 5.80. The first-order chi connectivity index (χ1) is 9.75. The number of hydrogen-bond acceptors (Lipinski definition) is 2. The lowest BCUT2D eigenvalue weighted by Crippen LogP contribution is -2.28. The monoisotopic (exact) mass is 274 g/mol. The molecule has 0 spiro atoms. The lowest BCUT2D eigenvalue weighted by atomic mass is 10.0. The molecule has 1 N–H and O–H groups in total. The predicted octanol–water partition coefficient (Wildman–Crippen LogP) is 2.47. The zero-order valence-electron chi connectivity index (χ0n) is 12.5. The van der Waals surface area contributed by atoms with Gasteiger partial charge >= 0.3 is 0 Å². The smallest absolute Gasteiger partial charge is 0.222 e. The topological polar surface area (TPSA) is 32.3 Å². The van der Waals surface area contributed by atoms with Crippen LogP contribution in [0.5, 0.6) is 0 Å². The summed E-state index contributed by atoms with van der Waals surface area (Å²) in [5.74, 6) is 1.00. The zero-order valence-corrected chi connectivity index (χ0v) is 12.5. The predicted molar refractivity (Wildman–Crippen MR) is 82.6 cm³/mol. The van der Waals surface area contributed by atoms with Gasteiger partial charge in [0.15, 0.2) is 0 Å². The molecule has 1 fully saturated rings. The molecule has 0 saturated carbocycles. The third kappa shape index (κ3) is 4.97. The lowest BCUT2D eigenvalue weighted by Gasteiger charge is -2.18. The van der Waals surface area contributed by atoms with Crippen molar-refractivity contribution in [1.82, 2.24) is 10.2 Å². The summed E-state index contributed by atoms with van der Waals surface area (Å²) in [6.07, 6.45) is 5.05. The molecule has 1 heterocycles. The summed E-state index contributed by atoms with van der Waals surface area (Å²) in [7, 11) is 1.93. The van der Waals surface area contributed by atoms with Crippen LogP contribution in [-0.4, -0.2) is 37.5 Å². The second kappa shape index (κ2) is 8.05. The van der Waals surface area contributed by atoms with E-state index in [0.717, 1.165) is 38.9 Å². The number of nitrogens with zero attached hydrogens (tertiary/aromatic N) is 1. The largest absolute Gasteiger partial charge is 0.346 e. The fourth-order valence-electron chi connectivity index (χ4n) is 2.77. The van der Waals surface area contributed by atoms with Gasteiger partial charge in [0.2, 0.25) is 5.91 Å². The van der Waals surface area contributed by atoms with Crippen molar-refractivity contribution in [3.8, 4) is 0 Å². The van der Waals surface area contributed by atoms with Gasteiger partial charge in [0.25, 0.3) is 0 Å². The fourth-order valence-corrected chi connectivity index (χ4v) is 2.77. The van der Waals surface area contributed by atoms with Gasteiger partial charge < -0.3 is 10.2 Å². The fraction of sp³-hybridized carbons (Fsp3) is 0.588. The number of aryl methyl sites for hydroxylation is 1. The van der Waals surface area contributed by atoms with Crippen LogP contribution in [0.25, 0.3) is 0 Å². The molecule has 1 aromatic carbocycles. The number of amides is 1. The maximum absolute atomic E-state index is 12.0. The minimum absolute atomic E-state index is 0.296. The van der Waals surface area contributed by atoms with Gasteiger partial charge in [0.1, 0.15) is 0 Å². The Balaban J connectivity index is 1.61. The number of hydrogen-bond donors (Lipinski definition) is 1. The molecule has 110 valence electrons. The second-order valence-electron chi connectivity index (χ2n) is 5.80. The van der Waals surface area contributed by atoms with Crippen LogP contribution in [0.1, 0.15) is 31.2 Å². The van der Waals surface area contributed by atoms with Crippen molar-refractivity contribution in [2.45, 2.75) is 32.1 Å². The highest BCUT2D eigenvalue weighted by atomic mass is 16.2. The van der Waals surface area contributed by atoms with Gasteiger partial charge in [0.05, 0.1) is 0 Å². The van der Waals surface area contributed by atoms with Crippen molar-refractivity contribution in [2.75, 3.05) is 26.7 Å². The molecule has 1 aliphatic heterocycles. The maximum atomic E-state index is 12.0. The van der Waals surface area contributed by atoms with Gasteiger partial charge in [-0.1, -0.05) is 30.3 Å². The quantitative estimate of drug-likeness (QED) is 0.828. The lowest BCUT2D eigenvalue weighted by molar-refractivity contribution is -0.130. The summed E-state index contributed by atoms with van der Waals surface area (Å²) in [6.45, 7) is 3.06. The SMILES string of the molecule is CN(CCCc1ccccc1)C(=O)CCC1CCNC1. The number of nitrogens with one attached hydrogen (secondary N) is 1. The molecular weight excluding hydrogens is 248 g/mol. The Kier molecular flexibility index (Phi) is 6.06. The first kappa shape index (κ1) is 15.0. The van der Waals surface area contributed by atoms with Crippen LogP contribution in [0, 0.1) is 5.92 Å². The summed E-state index contributed by atoms with van der Waals surface area (Å²) in [6, 6.07) is 10.5. The van der Waals surface area contributed by atoms with Crippen LogP contribution >= 0.6 is 0 Å². The van der Waals surface area contributed by atoms with Gasteiger partial charge in [-0.2, -0.15) is 0 Å². The molecule has 1 amide bonds. The molecule has 1 unspecified atom stereocenters. The highest BCUT2D eigenvalue weighted by Crippen LogP contribution is 2.15. The normalized spacial score (nSPS) is 18.1. The average Bonchev–Trinajstić information content (AvgIpc) is 2.99. The summed E-state index contributed by atoms with van der Waals surface area (Å²) in [4.78, 5) is 13.9. The summed E-state index contributed by atoms with van der Waals surface area (Å²) in [5, 5.41) is 3.35. The van der Waals surface area contributed by atoms with E-state index in [-0.39, 0.29) is 0 Å². The molecule has 3 heteroatoms. The highest BCUT2D eigenvalue weighted by Gasteiger charge is 2.17. The van der Waals surface area contributed by atoms with Crippen molar-refractivity contribution in [3.63, 3.8) is 0 Å². The molecule has 3 nitrogen and oxygen atoms in total. The Morgan fingerprint density at radius 3 is 2.85 bits per heavy atom. The van der Waals surface area contributed by atoms with E-state index >= 15 is 0 Å². The van der Waals surface area contributed by atoms with E-state index in [0.29, 0.717) is 18.2 Å². The average molecular weight is 274 g/mol. The van der Waals surface area contributed by atoms with E-state index in [4.69, 9.17) is 0 Å². The van der Waals surface area contributed by atoms with Crippen molar-refractivity contribution in [3.05, 3.63) is 35.9 Å². The van der Waals surface area contributed by atoms with Crippen LogP contribution in [0.15, 0.2) is 30.3 Å². The van der Waals surface area contributed by atoms with Gasteiger partial charge in [-0.15, -0.1) is 0 Å². The van der Waals surface area contributed by atoms with Crippen molar-refractivity contribution < 1.29 is 4.79 Å². The number of rotatable bonds is 7. The molecule has 1 atom stereocenters. The Hall–Kier alpha value is -1.35. The number of carbonyl (C=O) groups excluding carboxylic acids is 1. The highest BCUT2D eigenvalue weighted by molar-refractivity contribution is 5.75. The van der Waals surface area contributed by atoms with Crippen LogP contribution in [0.2, 0.25) is 0 Å². The van der Waals surface area contributed by atoms with E-state index in [2.05, 4.69) is 29.6 Å². The number of carbonyl (C=O) groups is 1. The molecule has 0 aliphatic carbocycles. The Morgan fingerprint density at radius 2 is 2.15 bits per heavy atom. The molecule has 1 saturated heterocycles. The van der Waals surface area contributed by atoms with E-state index in [1.807, 2.05) is 18.0 Å². The minimum atomic E-state index is 0.296. The first-order valence-electron chi connectivity index (χ1n) is 7.74. The van der Waals surface area contributed by atoms with Crippen LogP contribution in [0.4, 0.5) is 0 Å². The molecule has 1 aliphatic rings. The summed E-state index contributed by atoms with van der Waals surface area (Å²) in [5.41, 5.74) is 1.35. The van der Waals surface area contributed by atoms with Crippen LogP contribution in [0.3, 0.4) is 0 Å². The van der Waals surface area contributed by atoms with Crippen LogP contribution < -0.4 is 5.32 Å². The van der Waals surface area contributed by atoms with Gasteiger partial charge in [-0.05, 0) is 50.3 Å². The third-order valence-electron chi connectivity index (χ3n) is 4.16. The standard InChI is InChI=1S/C17H26N2O/c1-19(13-5-8-15-6-3-2-4-7-15)17(20)10-9-16-11-12-18-14-16/h2-4,6-7,16,18H,5,8-14H2,1H3. The van der Waals surface area contributed by atoms with Gasteiger partial charge in [0, 0.05) is 20.0 Å². The van der Waals surface area contributed by atoms with Gasteiger partial charge in [-0.3, -0.25) is 4.79 Å². The van der Waals surface area contributed by atoms with Crippen LogP contribution in [-0.2, 0) is 11.2 Å². The zero-order chi connectivity index (χ0) is 14.2. The molecule has 2 rings (SSSR count). The van der Waals surface area contributed by atoms with E-state index in [1.54, 1.807) is 0 Å². The molecule has 20 heavy (non-hydrogen) atoms. The van der Waals surface area contributed by atoms with E-state index in [1.165, 1.54) is 12.0 Å². The van der Waals surface area contributed by atoms with E-state index in [9.17, 15) is 4.79 Å². The van der Waals surface area contributed by atoms with E-state index < -0.39 is 0 Å². The third-order valence-corrected chi connectivity index (χ3v) is 4.16. The summed E-state index contributed by atoms with van der Waals surface area (Å²) < 4.78 is 0. The number of benzene rings is 1. The maximum Gasteiger partial charge on any atom is 0.222 e. The molecule has 0 bridgehead atoms. The molecular formula is C17H26N2O. The molecule has 0 radical (unpaired) electrons. The van der Waals surface area contributed by atoms with Crippen molar-refractivity contribution in [2.24, 2.45) is 5.92 Å². The van der Waals surface area contributed by atoms with Gasteiger partial charge in [-0.25, -0.2) is 0 Å². The Bertz CT molecular complexity index is 399. The first-order valence-corrected chi connectivity index (χ1v) is 7.74.